The normalized spacial score (nSPS) is 10.4. The molecule has 0 aliphatic carbocycles. The van der Waals surface area contributed by atoms with E-state index in [0.717, 1.165) is 22.5 Å². The number of nitrogens with one attached hydrogen (secondary N) is 2. The number of nitrogens with zero attached hydrogens (tertiary/aromatic N) is 2. The minimum atomic E-state index is 0.439. The molecule has 0 atom stereocenters. The Morgan fingerprint density at radius 2 is 1.60 bits per heavy atom. The van der Waals surface area contributed by atoms with Crippen molar-refractivity contribution in [1.29, 1.82) is 0 Å². The molecule has 6 heteroatoms. The molecule has 0 bridgehead atoms. The molecular formula is C19H21N5O. The average Bonchev–Trinajstić information content (AvgIpc) is 2.62. The summed E-state index contributed by atoms with van der Waals surface area (Å²) in [5.41, 5.74) is 10.7. The molecule has 0 saturated heterocycles. The second kappa shape index (κ2) is 7.09. The van der Waals surface area contributed by atoms with Crippen molar-refractivity contribution in [3.63, 3.8) is 0 Å². The topological polar surface area (TPSA) is 85.1 Å². The van der Waals surface area contributed by atoms with Crippen molar-refractivity contribution in [3.05, 3.63) is 59.9 Å². The molecule has 4 N–H and O–H groups in total. The van der Waals surface area contributed by atoms with Gasteiger partial charge in [0.2, 0.25) is 0 Å². The maximum atomic E-state index is 6.27. The Bertz CT molecular complexity index is 895. The van der Waals surface area contributed by atoms with Crippen LogP contribution in [0.5, 0.6) is 5.75 Å². The third-order valence-corrected chi connectivity index (χ3v) is 3.89. The summed E-state index contributed by atoms with van der Waals surface area (Å²) in [5, 5.41) is 6.49. The van der Waals surface area contributed by atoms with E-state index in [1.54, 1.807) is 7.11 Å². The zero-order valence-corrected chi connectivity index (χ0v) is 14.5. The highest BCUT2D eigenvalue weighted by molar-refractivity contribution is 5.81. The molecule has 2 aromatic carbocycles. The standard InChI is InChI=1S/C19H21N5O/c1-12-8-9-13(2)15(10-12)24-19-17(20)18(21-11-22-19)23-14-6-4-5-7-16(14)25-3/h4-11H,20H2,1-3H3,(H2,21,22,23,24). The molecule has 0 unspecified atom stereocenters. The van der Waals surface area contributed by atoms with Crippen molar-refractivity contribution in [2.24, 2.45) is 0 Å². The van der Waals surface area contributed by atoms with Gasteiger partial charge in [-0.05, 0) is 43.2 Å². The minimum absolute atomic E-state index is 0.439. The van der Waals surface area contributed by atoms with Gasteiger partial charge in [-0.1, -0.05) is 24.3 Å². The van der Waals surface area contributed by atoms with Crippen molar-refractivity contribution < 1.29 is 4.74 Å². The fraction of sp³-hybridized carbons (Fsp3) is 0.158. The summed E-state index contributed by atoms with van der Waals surface area (Å²) in [6.07, 6.45) is 1.47. The highest BCUT2D eigenvalue weighted by atomic mass is 16.5. The molecule has 0 radical (unpaired) electrons. The van der Waals surface area contributed by atoms with Crippen molar-refractivity contribution in [2.75, 3.05) is 23.5 Å². The van der Waals surface area contributed by atoms with E-state index >= 15 is 0 Å². The largest absolute Gasteiger partial charge is 0.495 e. The number of benzene rings is 2. The number of anilines is 5. The first kappa shape index (κ1) is 16.6. The third-order valence-electron chi connectivity index (χ3n) is 3.89. The molecule has 1 aromatic heterocycles. The summed E-state index contributed by atoms with van der Waals surface area (Å²) in [4.78, 5) is 8.52. The number of nitrogens with two attached hydrogens (primary N) is 1. The number of ether oxygens (including phenoxy) is 1. The van der Waals surface area contributed by atoms with Gasteiger partial charge in [-0.2, -0.15) is 0 Å². The maximum Gasteiger partial charge on any atom is 0.159 e. The predicted molar refractivity (Wildman–Crippen MR) is 102 cm³/mol. The highest BCUT2D eigenvalue weighted by Gasteiger charge is 2.11. The second-order valence-corrected chi connectivity index (χ2v) is 5.75. The van der Waals surface area contributed by atoms with Crippen LogP contribution < -0.4 is 21.1 Å². The molecule has 0 aliphatic rings. The molecule has 6 nitrogen and oxygen atoms in total. The van der Waals surface area contributed by atoms with Gasteiger partial charge in [-0.3, -0.25) is 0 Å². The second-order valence-electron chi connectivity index (χ2n) is 5.75. The van der Waals surface area contributed by atoms with E-state index in [-0.39, 0.29) is 0 Å². The van der Waals surface area contributed by atoms with Crippen LogP contribution in [0.4, 0.5) is 28.7 Å². The summed E-state index contributed by atoms with van der Waals surface area (Å²) in [5.74, 6) is 1.79. The molecule has 1 heterocycles. The number of aromatic nitrogens is 2. The molecule has 0 fully saturated rings. The Balaban J connectivity index is 1.91. The molecule has 0 aliphatic heterocycles. The molecule has 0 amide bonds. The smallest absolute Gasteiger partial charge is 0.159 e. The monoisotopic (exact) mass is 335 g/mol. The van der Waals surface area contributed by atoms with Crippen LogP contribution in [0.15, 0.2) is 48.8 Å². The Morgan fingerprint density at radius 1 is 0.920 bits per heavy atom. The van der Waals surface area contributed by atoms with Gasteiger partial charge in [0.15, 0.2) is 11.6 Å². The van der Waals surface area contributed by atoms with Gasteiger partial charge in [0, 0.05) is 5.69 Å². The predicted octanol–water partition coefficient (Wildman–Crippen LogP) is 4.17. The maximum absolute atomic E-state index is 6.27. The Morgan fingerprint density at radius 3 is 2.32 bits per heavy atom. The summed E-state index contributed by atoms with van der Waals surface area (Å²) in [7, 11) is 1.62. The molecule has 3 rings (SSSR count). The van der Waals surface area contributed by atoms with Crippen LogP contribution >= 0.6 is 0 Å². The van der Waals surface area contributed by atoms with E-state index in [2.05, 4.69) is 38.8 Å². The zero-order valence-electron chi connectivity index (χ0n) is 14.5. The van der Waals surface area contributed by atoms with Crippen LogP contribution in [0.1, 0.15) is 11.1 Å². The van der Waals surface area contributed by atoms with E-state index in [1.165, 1.54) is 6.33 Å². The first-order chi connectivity index (χ1) is 12.1. The third kappa shape index (κ3) is 3.63. The van der Waals surface area contributed by atoms with Crippen LogP contribution in [0.25, 0.3) is 0 Å². The van der Waals surface area contributed by atoms with Gasteiger partial charge in [0.05, 0.1) is 12.8 Å². The van der Waals surface area contributed by atoms with Gasteiger partial charge in [0.25, 0.3) is 0 Å². The summed E-state index contributed by atoms with van der Waals surface area (Å²) in [6.45, 7) is 4.08. The first-order valence-corrected chi connectivity index (χ1v) is 7.93. The number of para-hydroxylation sites is 2. The molecule has 3 aromatic rings. The molecule has 25 heavy (non-hydrogen) atoms. The fourth-order valence-electron chi connectivity index (χ4n) is 2.47. The van der Waals surface area contributed by atoms with Crippen molar-refractivity contribution >= 4 is 28.7 Å². The number of hydrogen-bond donors (Lipinski definition) is 3. The van der Waals surface area contributed by atoms with Crippen LogP contribution in [-0.4, -0.2) is 17.1 Å². The molecule has 128 valence electrons. The first-order valence-electron chi connectivity index (χ1n) is 7.93. The van der Waals surface area contributed by atoms with E-state index in [0.29, 0.717) is 23.1 Å². The average molecular weight is 335 g/mol. The van der Waals surface area contributed by atoms with Gasteiger partial charge in [0.1, 0.15) is 17.8 Å². The van der Waals surface area contributed by atoms with E-state index < -0.39 is 0 Å². The van der Waals surface area contributed by atoms with Crippen LogP contribution in [0, 0.1) is 13.8 Å². The number of rotatable bonds is 5. The summed E-state index contributed by atoms with van der Waals surface area (Å²) in [6, 6.07) is 13.8. The van der Waals surface area contributed by atoms with Crippen molar-refractivity contribution in [3.8, 4) is 5.75 Å². The Hall–Kier alpha value is -3.28. The zero-order chi connectivity index (χ0) is 17.8. The van der Waals surface area contributed by atoms with Gasteiger partial charge in [-0.25, -0.2) is 9.97 Å². The molecule has 0 saturated carbocycles. The van der Waals surface area contributed by atoms with Gasteiger partial charge in [-0.15, -0.1) is 0 Å². The molecular weight excluding hydrogens is 314 g/mol. The summed E-state index contributed by atoms with van der Waals surface area (Å²) >= 11 is 0. The van der Waals surface area contributed by atoms with Crippen LogP contribution in [0.2, 0.25) is 0 Å². The van der Waals surface area contributed by atoms with E-state index in [9.17, 15) is 0 Å². The van der Waals surface area contributed by atoms with E-state index in [4.69, 9.17) is 10.5 Å². The number of hydrogen-bond acceptors (Lipinski definition) is 6. The van der Waals surface area contributed by atoms with Gasteiger partial charge < -0.3 is 21.1 Å². The minimum Gasteiger partial charge on any atom is -0.495 e. The lowest BCUT2D eigenvalue weighted by atomic mass is 10.1. The quantitative estimate of drug-likeness (QED) is 0.649. The SMILES string of the molecule is COc1ccccc1Nc1ncnc(Nc2cc(C)ccc2C)c1N. The molecule has 0 spiro atoms. The van der Waals surface area contributed by atoms with Crippen molar-refractivity contribution in [1.82, 2.24) is 9.97 Å². The Labute approximate surface area is 147 Å². The van der Waals surface area contributed by atoms with Crippen LogP contribution in [0.3, 0.4) is 0 Å². The highest BCUT2D eigenvalue weighted by Crippen LogP contribution is 2.32. The van der Waals surface area contributed by atoms with Crippen molar-refractivity contribution in [2.45, 2.75) is 13.8 Å². The lowest BCUT2D eigenvalue weighted by molar-refractivity contribution is 0.417. The number of methoxy groups -OCH3 is 1. The number of nitrogen functional groups attached to an aromatic ring is 1. The fourth-order valence-corrected chi connectivity index (χ4v) is 2.47. The van der Waals surface area contributed by atoms with Gasteiger partial charge >= 0.3 is 0 Å². The summed E-state index contributed by atoms with van der Waals surface area (Å²) < 4.78 is 5.35. The number of aryl methyl sites for hydroxylation is 2. The van der Waals surface area contributed by atoms with E-state index in [1.807, 2.05) is 38.1 Å². The van der Waals surface area contributed by atoms with Crippen LogP contribution in [-0.2, 0) is 0 Å². The lowest BCUT2D eigenvalue weighted by Gasteiger charge is -2.15. The Kier molecular flexibility index (Phi) is 4.70. The lowest BCUT2D eigenvalue weighted by Crippen LogP contribution is -2.06.